The maximum atomic E-state index is 12.0. The molecule has 24 heavy (non-hydrogen) atoms. The molecule has 0 aliphatic heterocycles. The van der Waals surface area contributed by atoms with Crippen molar-refractivity contribution in [3.8, 4) is 22.5 Å². The number of benzene rings is 2. The molecule has 1 amide bonds. The Morgan fingerprint density at radius 2 is 1.71 bits per heavy atom. The van der Waals surface area contributed by atoms with Crippen molar-refractivity contribution in [2.24, 2.45) is 0 Å². The highest BCUT2D eigenvalue weighted by Crippen LogP contribution is 2.36. The summed E-state index contributed by atoms with van der Waals surface area (Å²) in [5.41, 5.74) is 2.76. The molecule has 2 N–H and O–H groups in total. The van der Waals surface area contributed by atoms with Crippen LogP contribution in [-0.4, -0.2) is 22.9 Å². The van der Waals surface area contributed by atoms with Crippen LogP contribution in [0.3, 0.4) is 0 Å². The van der Waals surface area contributed by atoms with Crippen LogP contribution in [0.15, 0.2) is 42.5 Å². The van der Waals surface area contributed by atoms with E-state index in [0.29, 0.717) is 32.0 Å². The van der Waals surface area contributed by atoms with Gasteiger partial charge >= 0.3 is 0 Å². The molecule has 0 aliphatic carbocycles. The lowest BCUT2D eigenvalue weighted by Crippen LogP contribution is -2.19. The van der Waals surface area contributed by atoms with E-state index in [1.54, 1.807) is 37.4 Å². The smallest absolute Gasteiger partial charge is 0.286 e. The maximum Gasteiger partial charge on any atom is 0.286 e. The number of halogens is 3. The van der Waals surface area contributed by atoms with Crippen molar-refractivity contribution < 1.29 is 4.79 Å². The standard InChI is InChI=1S/C17H12Cl3N3O/c1-21-17(24)16-22-14(9-2-4-10(18)5-3-9)15(23-16)12-7-6-11(19)8-13(12)20/h2-8H,1H3,(H,21,24)(H,22,23). The van der Waals surface area contributed by atoms with Gasteiger partial charge in [0, 0.05) is 28.2 Å². The fourth-order valence-corrected chi connectivity index (χ4v) is 2.93. The third-order valence-electron chi connectivity index (χ3n) is 3.47. The van der Waals surface area contributed by atoms with E-state index in [4.69, 9.17) is 34.8 Å². The second-order valence-electron chi connectivity index (χ2n) is 5.02. The third kappa shape index (κ3) is 3.26. The lowest BCUT2D eigenvalue weighted by Gasteiger charge is -2.06. The molecule has 4 nitrogen and oxygen atoms in total. The summed E-state index contributed by atoms with van der Waals surface area (Å²) in [6, 6.07) is 12.4. The molecule has 0 saturated carbocycles. The number of carbonyl (C=O) groups is 1. The molecular formula is C17H12Cl3N3O. The number of rotatable bonds is 3. The molecule has 0 bridgehead atoms. The van der Waals surface area contributed by atoms with Crippen molar-refractivity contribution in [1.82, 2.24) is 15.3 Å². The van der Waals surface area contributed by atoms with Crippen LogP contribution in [-0.2, 0) is 0 Å². The van der Waals surface area contributed by atoms with E-state index >= 15 is 0 Å². The summed E-state index contributed by atoms with van der Waals surface area (Å²) in [6.45, 7) is 0. The molecule has 1 heterocycles. The van der Waals surface area contributed by atoms with Crippen molar-refractivity contribution >= 4 is 40.7 Å². The molecule has 0 fully saturated rings. The number of amides is 1. The Morgan fingerprint density at radius 3 is 2.33 bits per heavy atom. The number of nitrogens with one attached hydrogen (secondary N) is 2. The van der Waals surface area contributed by atoms with Gasteiger partial charge in [-0.3, -0.25) is 4.79 Å². The highest BCUT2D eigenvalue weighted by atomic mass is 35.5. The Morgan fingerprint density at radius 1 is 1.04 bits per heavy atom. The number of imidazole rings is 1. The highest BCUT2D eigenvalue weighted by Gasteiger charge is 2.19. The average Bonchev–Trinajstić information content (AvgIpc) is 3.00. The fourth-order valence-electron chi connectivity index (χ4n) is 2.30. The predicted octanol–water partition coefficient (Wildman–Crippen LogP) is 5.06. The molecule has 0 radical (unpaired) electrons. The number of carbonyl (C=O) groups excluding carboxylic acids is 1. The lowest BCUT2D eigenvalue weighted by molar-refractivity contribution is 0.0954. The molecule has 0 spiro atoms. The largest absolute Gasteiger partial charge is 0.352 e. The lowest BCUT2D eigenvalue weighted by atomic mass is 10.1. The summed E-state index contributed by atoms with van der Waals surface area (Å²) < 4.78 is 0. The molecule has 3 rings (SSSR count). The second kappa shape index (κ2) is 6.85. The molecular weight excluding hydrogens is 369 g/mol. The van der Waals surface area contributed by atoms with Gasteiger partial charge in [0.1, 0.15) is 0 Å². The zero-order chi connectivity index (χ0) is 17.3. The van der Waals surface area contributed by atoms with Crippen LogP contribution in [0.1, 0.15) is 10.6 Å². The number of hydrogen-bond acceptors (Lipinski definition) is 2. The van der Waals surface area contributed by atoms with E-state index in [2.05, 4.69) is 15.3 Å². The Labute approximate surface area is 153 Å². The molecule has 122 valence electrons. The zero-order valence-electron chi connectivity index (χ0n) is 12.5. The van der Waals surface area contributed by atoms with Gasteiger partial charge in [-0.2, -0.15) is 0 Å². The minimum absolute atomic E-state index is 0.198. The maximum absolute atomic E-state index is 12.0. The van der Waals surface area contributed by atoms with Gasteiger partial charge < -0.3 is 10.3 Å². The van der Waals surface area contributed by atoms with E-state index in [0.717, 1.165) is 5.56 Å². The third-order valence-corrected chi connectivity index (χ3v) is 4.26. The van der Waals surface area contributed by atoms with Gasteiger partial charge in [-0.1, -0.05) is 46.9 Å². The number of nitrogens with zero attached hydrogens (tertiary/aromatic N) is 1. The van der Waals surface area contributed by atoms with Crippen LogP contribution >= 0.6 is 34.8 Å². The highest BCUT2D eigenvalue weighted by molar-refractivity contribution is 6.36. The molecule has 3 aromatic rings. The molecule has 0 aliphatic rings. The first kappa shape index (κ1) is 16.8. The normalized spacial score (nSPS) is 10.7. The first-order chi connectivity index (χ1) is 11.5. The fraction of sp³-hybridized carbons (Fsp3) is 0.0588. The van der Waals surface area contributed by atoms with E-state index in [1.807, 2.05) is 12.1 Å². The first-order valence-electron chi connectivity index (χ1n) is 7.03. The summed E-state index contributed by atoms with van der Waals surface area (Å²) in [5.74, 6) is -0.120. The SMILES string of the molecule is CNC(=O)c1nc(-c2ccc(Cl)cc2Cl)c(-c2ccc(Cl)cc2)[nH]1. The van der Waals surface area contributed by atoms with Crippen LogP contribution in [0, 0.1) is 0 Å². The van der Waals surface area contributed by atoms with Gasteiger partial charge in [0.25, 0.3) is 5.91 Å². The van der Waals surface area contributed by atoms with Crippen molar-refractivity contribution in [3.05, 3.63) is 63.4 Å². The van der Waals surface area contributed by atoms with Crippen molar-refractivity contribution in [1.29, 1.82) is 0 Å². The van der Waals surface area contributed by atoms with Gasteiger partial charge in [0.05, 0.1) is 16.4 Å². The summed E-state index contributed by atoms with van der Waals surface area (Å²) in [4.78, 5) is 19.4. The summed E-state index contributed by atoms with van der Waals surface area (Å²) in [7, 11) is 1.54. The molecule has 7 heteroatoms. The van der Waals surface area contributed by atoms with Gasteiger partial charge in [-0.05, 0) is 30.3 Å². The molecule has 2 aromatic carbocycles. The van der Waals surface area contributed by atoms with Gasteiger partial charge in [0.15, 0.2) is 5.82 Å². The van der Waals surface area contributed by atoms with Gasteiger partial charge in [0.2, 0.25) is 0 Å². The van der Waals surface area contributed by atoms with Gasteiger partial charge in [-0.25, -0.2) is 4.98 Å². The van der Waals surface area contributed by atoms with Crippen LogP contribution in [0.25, 0.3) is 22.5 Å². The van der Waals surface area contributed by atoms with E-state index in [-0.39, 0.29) is 11.7 Å². The topological polar surface area (TPSA) is 57.8 Å². The number of aromatic amines is 1. The summed E-state index contributed by atoms with van der Waals surface area (Å²) in [6.07, 6.45) is 0. The first-order valence-corrected chi connectivity index (χ1v) is 8.16. The van der Waals surface area contributed by atoms with Crippen LogP contribution in [0.5, 0.6) is 0 Å². The summed E-state index contributed by atoms with van der Waals surface area (Å²) >= 11 is 18.2. The Hall–Kier alpha value is -2.01. The Bertz CT molecular complexity index is 904. The average molecular weight is 381 g/mol. The minimum atomic E-state index is -0.318. The second-order valence-corrected chi connectivity index (χ2v) is 6.30. The monoisotopic (exact) mass is 379 g/mol. The van der Waals surface area contributed by atoms with Crippen LogP contribution < -0.4 is 5.32 Å². The van der Waals surface area contributed by atoms with E-state index in [9.17, 15) is 4.79 Å². The Balaban J connectivity index is 2.21. The zero-order valence-corrected chi connectivity index (χ0v) is 14.8. The summed E-state index contributed by atoms with van der Waals surface area (Å²) in [5, 5.41) is 4.15. The van der Waals surface area contributed by atoms with Crippen LogP contribution in [0.2, 0.25) is 15.1 Å². The quantitative estimate of drug-likeness (QED) is 0.667. The van der Waals surface area contributed by atoms with E-state index in [1.165, 1.54) is 0 Å². The molecule has 0 saturated heterocycles. The molecule has 0 atom stereocenters. The number of aromatic nitrogens is 2. The van der Waals surface area contributed by atoms with Crippen molar-refractivity contribution in [2.75, 3.05) is 7.05 Å². The molecule has 0 unspecified atom stereocenters. The molecule has 1 aromatic heterocycles. The van der Waals surface area contributed by atoms with Crippen molar-refractivity contribution in [3.63, 3.8) is 0 Å². The predicted molar refractivity (Wildman–Crippen MR) is 97.9 cm³/mol. The Kier molecular flexibility index (Phi) is 4.81. The van der Waals surface area contributed by atoms with Crippen LogP contribution in [0.4, 0.5) is 0 Å². The minimum Gasteiger partial charge on any atom is -0.352 e. The number of H-pyrrole nitrogens is 1. The van der Waals surface area contributed by atoms with E-state index < -0.39 is 0 Å². The number of hydrogen-bond donors (Lipinski definition) is 2. The van der Waals surface area contributed by atoms with Crippen molar-refractivity contribution in [2.45, 2.75) is 0 Å². The van der Waals surface area contributed by atoms with Gasteiger partial charge in [-0.15, -0.1) is 0 Å².